The molecule has 0 bridgehead atoms. The standard InChI is InChI=1S/C15H25N3OS/c1-12-15(20-11-16-12)9-18-7-2-4-13(18)8-17-6-3-5-14(17)10-19/h11,13-14,19H,2-10H2,1H3/t13-,14+/m0/s1. The van der Waals surface area contributed by atoms with Gasteiger partial charge in [0, 0.05) is 30.1 Å². The fourth-order valence-corrected chi connectivity index (χ4v) is 4.39. The highest BCUT2D eigenvalue weighted by atomic mass is 32.1. The van der Waals surface area contributed by atoms with Gasteiger partial charge in [0.15, 0.2) is 0 Å². The van der Waals surface area contributed by atoms with Crippen molar-refractivity contribution in [3.05, 3.63) is 16.1 Å². The Morgan fingerprint density at radius 3 is 2.70 bits per heavy atom. The van der Waals surface area contributed by atoms with Gasteiger partial charge in [-0.05, 0) is 45.7 Å². The number of rotatable bonds is 5. The second kappa shape index (κ2) is 6.52. The molecule has 0 aliphatic carbocycles. The van der Waals surface area contributed by atoms with Gasteiger partial charge in [-0.1, -0.05) is 0 Å². The van der Waals surface area contributed by atoms with Gasteiger partial charge in [-0.2, -0.15) is 0 Å². The molecule has 3 rings (SSSR count). The predicted molar refractivity (Wildman–Crippen MR) is 82.0 cm³/mol. The predicted octanol–water partition coefficient (Wildman–Crippen LogP) is 1.87. The molecule has 3 heterocycles. The number of aliphatic hydroxyl groups excluding tert-OH is 1. The minimum absolute atomic E-state index is 0.320. The highest BCUT2D eigenvalue weighted by Gasteiger charge is 2.31. The lowest BCUT2D eigenvalue weighted by molar-refractivity contribution is 0.120. The summed E-state index contributed by atoms with van der Waals surface area (Å²) in [7, 11) is 0. The van der Waals surface area contributed by atoms with E-state index in [2.05, 4.69) is 21.7 Å². The van der Waals surface area contributed by atoms with E-state index in [0.29, 0.717) is 18.7 Å². The first kappa shape index (κ1) is 14.4. The average molecular weight is 295 g/mol. The number of hydrogen-bond acceptors (Lipinski definition) is 5. The summed E-state index contributed by atoms with van der Waals surface area (Å²) in [5.74, 6) is 0. The number of thiazole rings is 1. The number of hydrogen-bond donors (Lipinski definition) is 1. The molecule has 0 aromatic carbocycles. The second-order valence-corrected chi connectivity index (χ2v) is 7.04. The van der Waals surface area contributed by atoms with Crippen LogP contribution in [-0.2, 0) is 6.54 Å². The van der Waals surface area contributed by atoms with Crippen LogP contribution in [0.25, 0.3) is 0 Å². The number of aryl methyl sites for hydroxylation is 1. The third-order valence-electron chi connectivity index (χ3n) is 4.85. The number of aliphatic hydroxyl groups is 1. The van der Waals surface area contributed by atoms with Gasteiger partial charge >= 0.3 is 0 Å². The van der Waals surface area contributed by atoms with E-state index < -0.39 is 0 Å². The number of likely N-dealkylation sites (tertiary alicyclic amines) is 2. The topological polar surface area (TPSA) is 39.6 Å². The molecule has 20 heavy (non-hydrogen) atoms. The second-order valence-electron chi connectivity index (χ2n) is 6.10. The molecule has 1 aromatic heterocycles. The summed E-state index contributed by atoms with van der Waals surface area (Å²) in [6, 6.07) is 1.06. The van der Waals surface area contributed by atoms with Crippen molar-refractivity contribution in [1.29, 1.82) is 0 Å². The Bertz CT molecular complexity index is 437. The third kappa shape index (κ3) is 3.06. The van der Waals surface area contributed by atoms with Crippen molar-refractivity contribution in [1.82, 2.24) is 14.8 Å². The zero-order chi connectivity index (χ0) is 13.9. The summed E-state index contributed by atoms with van der Waals surface area (Å²) in [4.78, 5) is 10.9. The van der Waals surface area contributed by atoms with Crippen LogP contribution in [0.1, 0.15) is 36.3 Å². The van der Waals surface area contributed by atoms with E-state index in [0.717, 1.165) is 26.1 Å². The lowest BCUT2D eigenvalue weighted by Crippen LogP contribution is -2.43. The Morgan fingerprint density at radius 1 is 1.25 bits per heavy atom. The Balaban J connectivity index is 1.59. The van der Waals surface area contributed by atoms with Crippen LogP contribution in [0, 0.1) is 6.92 Å². The highest BCUT2D eigenvalue weighted by Crippen LogP contribution is 2.26. The summed E-state index contributed by atoms with van der Waals surface area (Å²) in [5.41, 5.74) is 3.15. The van der Waals surface area contributed by atoms with Crippen LogP contribution in [0.5, 0.6) is 0 Å². The minimum atomic E-state index is 0.320. The minimum Gasteiger partial charge on any atom is -0.395 e. The van der Waals surface area contributed by atoms with Crippen LogP contribution in [0.2, 0.25) is 0 Å². The summed E-state index contributed by atoms with van der Waals surface area (Å²) < 4.78 is 0. The molecule has 4 nitrogen and oxygen atoms in total. The fourth-order valence-electron chi connectivity index (χ4n) is 3.59. The smallest absolute Gasteiger partial charge is 0.0798 e. The summed E-state index contributed by atoms with van der Waals surface area (Å²) >= 11 is 1.78. The Hall–Kier alpha value is -0.490. The first-order valence-corrected chi connectivity index (χ1v) is 8.64. The largest absolute Gasteiger partial charge is 0.395 e. The van der Waals surface area contributed by atoms with Crippen molar-refractivity contribution in [3.8, 4) is 0 Å². The van der Waals surface area contributed by atoms with E-state index in [1.54, 1.807) is 11.3 Å². The molecule has 112 valence electrons. The van der Waals surface area contributed by atoms with E-state index in [4.69, 9.17) is 0 Å². The molecule has 2 aliphatic rings. The Labute approximate surface area is 125 Å². The lowest BCUT2D eigenvalue weighted by atomic mass is 10.2. The normalized spacial score (nSPS) is 28.5. The Morgan fingerprint density at radius 2 is 2.00 bits per heavy atom. The van der Waals surface area contributed by atoms with Gasteiger partial charge in [-0.15, -0.1) is 11.3 Å². The Kier molecular flexibility index (Phi) is 4.71. The van der Waals surface area contributed by atoms with Crippen molar-refractivity contribution in [2.75, 3.05) is 26.2 Å². The average Bonchev–Trinajstić information content (AvgIpc) is 3.15. The SMILES string of the molecule is Cc1ncsc1CN1CCC[C@H]1CN1CCC[C@@H]1CO. The van der Waals surface area contributed by atoms with Crippen molar-refractivity contribution < 1.29 is 5.11 Å². The van der Waals surface area contributed by atoms with Gasteiger partial charge in [-0.3, -0.25) is 9.80 Å². The van der Waals surface area contributed by atoms with E-state index in [1.165, 1.54) is 36.4 Å². The molecule has 2 aliphatic heterocycles. The van der Waals surface area contributed by atoms with Crippen LogP contribution in [0.15, 0.2) is 5.51 Å². The number of aromatic nitrogens is 1. The summed E-state index contributed by atoms with van der Waals surface area (Å²) in [5, 5.41) is 9.46. The molecule has 2 atom stereocenters. The van der Waals surface area contributed by atoms with Gasteiger partial charge in [-0.25, -0.2) is 4.98 Å². The van der Waals surface area contributed by atoms with Gasteiger partial charge in [0.05, 0.1) is 17.8 Å². The van der Waals surface area contributed by atoms with Crippen LogP contribution < -0.4 is 0 Å². The van der Waals surface area contributed by atoms with Crippen LogP contribution >= 0.6 is 11.3 Å². The van der Waals surface area contributed by atoms with E-state index in [-0.39, 0.29) is 0 Å². The maximum absolute atomic E-state index is 9.46. The molecule has 2 saturated heterocycles. The quantitative estimate of drug-likeness (QED) is 0.900. The first-order chi connectivity index (χ1) is 9.78. The van der Waals surface area contributed by atoms with Gasteiger partial charge < -0.3 is 5.11 Å². The molecule has 0 radical (unpaired) electrons. The molecule has 0 saturated carbocycles. The molecule has 1 N–H and O–H groups in total. The fraction of sp³-hybridized carbons (Fsp3) is 0.800. The molecular formula is C15H25N3OS. The summed E-state index contributed by atoms with van der Waals surface area (Å²) in [6.45, 7) is 6.98. The van der Waals surface area contributed by atoms with E-state index in [1.807, 2.05) is 5.51 Å². The molecule has 0 amide bonds. The van der Waals surface area contributed by atoms with Gasteiger partial charge in [0.25, 0.3) is 0 Å². The lowest BCUT2D eigenvalue weighted by Gasteiger charge is -2.31. The molecule has 2 fully saturated rings. The molecule has 5 heteroatoms. The zero-order valence-corrected chi connectivity index (χ0v) is 13.1. The monoisotopic (exact) mass is 295 g/mol. The zero-order valence-electron chi connectivity index (χ0n) is 12.3. The van der Waals surface area contributed by atoms with Crippen LogP contribution in [-0.4, -0.2) is 58.2 Å². The number of nitrogens with zero attached hydrogens (tertiary/aromatic N) is 3. The molecule has 1 aromatic rings. The molecular weight excluding hydrogens is 270 g/mol. The van der Waals surface area contributed by atoms with E-state index in [9.17, 15) is 5.11 Å². The van der Waals surface area contributed by atoms with Crippen LogP contribution in [0.4, 0.5) is 0 Å². The van der Waals surface area contributed by atoms with Gasteiger partial charge in [0.2, 0.25) is 0 Å². The van der Waals surface area contributed by atoms with Crippen molar-refractivity contribution in [2.24, 2.45) is 0 Å². The van der Waals surface area contributed by atoms with Crippen molar-refractivity contribution in [2.45, 2.75) is 51.2 Å². The summed E-state index contributed by atoms with van der Waals surface area (Å²) in [6.07, 6.45) is 5.01. The third-order valence-corrected chi connectivity index (χ3v) is 5.77. The van der Waals surface area contributed by atoms with Crippen LogP contribution in [0.3, 0.4) is 0 Å². The maximum Gasteiger partial charge on any atom is 0.0798 e. The molecule has 0 spiro atoms. The molecule has 0 unspecified atom stereocenters. The van der Waals surface area contributed by atoms with E-state index >= 15 is 0 Å². The van der Waals surface area contributed by atoms with Crippen molar-refractivity contribution >= 4 is 11.3 Å². The van der Waals surface area contributed by atoms with Gasteiger partial charge in [0.1, 0.15) is 0 Å². The van der Waals surface area contributed by atoms with Crippen molar-refractivity contribution in [3.63, 3.8) is 0 Å². The highest BCUT2D eigenvalue weighted by molar-refractivity contribution is 7.09. The first-order valence-electron chi connectivity index (χ1n) is 7.76. The maximum atomic E-state index is 9.46.